The normalized spacial score (nSPS) is 13.6. The van der Waals surface area contributed by atoms with Crippen molar-refractivity contribution in [3.05, 3.63) is 29.3 Å². The summed E-state index contributed by atoms with van der Waals surface area (Å²) in [7, 11) is 1.82. The van der Waals surface area contributed by atoms with E-state index in [4.69, 9.17) is 5.73 Å². The molecule has 21 heavy (non-hydrogen) atoms. The Morgan fingerprint density at radius 2 is 1.81 bits per heavy atom. The van der Waals surface area contributed by atoms with Crippen molar-refractivity contribution >= 4 is 5.69 Å². The average Bonchev–Trinajstić information content (AvgIpc) is 2.34. The highest BCUT2D eigenvalue weighted by atomic mass is 19.4. The Morgan fingerprint density at radius 3 is 2.29 bits per heavy atom. The molecule has 0 aliphatic rings. The Kier molecular flexibility index (Phi) is 6.08. The highest BCUT2D eigenvalue weighted by molar-refractivity contribution is 5.51. The second kappa shape index (κ2) is 7.16. The van der Waals surface area contributed by atoms with Gasteiger partial charge in [0.2, 0.25) is 0 Å². The first-order valence-electron chi connectivity index (χ1n) is 7.28. The highest BCUT2D eigenvalue weighted by Crippen LogP contribution is 2.35. The smallest absolute Gasteiger partial charge is 0.375 e. The predicted molar refractivity (Wildman–Crippen MR) is 81.5 cm³/mol. The van der Waals surface area contributed by atoms with Gasteiger partial charge in [0, 0.05) is 25.3 Å². The van der Waals surface area contributed by atoms with Crippen LogP contribution >= 0.6 is 0 Å². The van der Waals surface area contributed by atoms with Crippen LogP contribution in [0.2, 0.25) is 0 Å². The summed E-state index contributed by atoms with van der Waals surface area (Å²) in [6.45, 7) is 6.64. The monoisotopic (exact) mass is 302 g/mol. The molecule has 1 aromatic carbocycles. The highest BCUT2D eigenvalue weighted by Gasteiger charge is 2.33. The maximum atomic E-state index is 13.2. The van der Waals surface area contributed by atoms with Gasteiger partial charge in [-0.1, -0.05) is 19.9 Å². The van der Waals surface area contributed by atoms with Crippen LogP contribution in [0.4, 0.5) is 18.9 Å². The number of hydrogen-bond donors (Lipinski definition) is 1. The summed E-state index contributed by atoms with van der Waals surface area (Å²) in [4.78, 5) is 1.87. The number of rotatable bonds is 6. The fourth-order valence-electron chi connectivity index (χ4n) is 2.17. The van der Waals surface area contributed by atoms with Crippen LogP contribution in [0.5, 0.6) is 0 Å². The molecule has 0 saturated heterocycles. The Balaban J connectivity index is 3.04. The van der Waals surface area contributed by atoms with Gasteiger partial charge in [-0.15, -0.1) is 0 Å². The van der Waals surface area contributed by atoms with Crippen LogP contribution in [0.3, 0.4) is 0 Å². The van der Waals surface area contributed by atoms with Gasteiger partial charge in [-0.3, -0.25) is 0 Å². The third-order valence-corrected chi connectivity index (χ3v) is 3.42. The van der Waals surface area contributed by atoms with Crippen molar-refractivity contribution in [3.63, 3.8) is 0 Å². The van der Waals surface area contributed by atoms with E-state index in [0.717, 1.165) is 13.0 Å². The average molecular weight is 302 g/mol. The van der Waals surface area contributed by atoms with E-state index in [1.165, 1.54) is 6.07 Å². The first-order valence-corrected chi connectivity index (χ1v) is 7.28. The number of alkyl halides is 3. The van der Waals surface area contributed by atoms with Crippen LogP contribution < -0.4 is 10.6 Å². The minimum atomic E-state index is -4.35. The van der Waals surface area contributed by atoms with Gasteiger partial charge in [0.15, 0.2) is 0 Å². The standard InChI is InChI=1S/C16H25F3N2/c1-11(2)7-8-21(4)14-6-5-13(9-12(3)20)15(10-14)16(17,18)19/h5-6,10-12H,7-9,20H2,1-4H3. The zero-order chi connectivity index (χ0) is 16.2. The molecule has 0 aromatic heterocycles. The van der Waals surface area contributed by atoms with Gasteiger partial charge in [0.05, 0.1) is 5.56 Å². The Bertz CT molecular complexity index is 453. The van der Waals surface area contributed by atoms with Gasteiger partial charge < -0.3 is 10.6 Å². The molecule has 0 aliphatic heterocycles. The molecule has 0 spiro atoms. The van der Waals surface area contributed by atoms with Crippen LogP contribution in [-0.2, 0) is 12.6 Å². The second-order valence-corrected chi connectivity index (χ2v) is 6.12. The number of hydrogen-bond acceptors (Lipinski definition) is 2. The molecule has 5 heteroatoms. The lowest BCUT2D eigenvalue weighted by Crippen LogP contribution is -2.23. The molecule has 0 amide bonds. The van der Waals surface area contributed by atoms with E-state index in [2.05, 4.69) is 13.8 Å². The van der Waals surface area contributed by atoms with Gasteiger partial charge >= 0.3 is 6.18 Å². The van der Waals surface area contributed by atoms with Crippen LogP contribution in [0.15, 0.2) is 18.2 Å². The molecular weight excluding hydrogens is 277 g/mol. The topological polar surface area (TPSA) is 29.3 Å². The van der Waals surface area contributed by atoms with E-state index < -0.39 is 11.7 Å². The molecule has 0 saturated carbocycles. The second-order valence-electron chi connectivity index (χ2n) is 6.12. The van der Waals surface area contributed by atoms with Gasteiger partial charge in [-0.25, -0.2) is 0 Å². The van der Waals surface area contributed by atoms with E-state index in [0.29, 0.717) is 11.6 Å². The van der Waals surface area contributed by atoms with Crippen molar-refractivity contribution in [1.29, 1.82) is 0 Å². The fourth-order valence-corrected chi connectivity index (χ4v) is 2.17. The summed E-state index contributed by atoms with van der Waals surface area (Å²) < 4.78 is 39.6. The van der Waals surface area contributed by atoms with Gasteiger partial charge in [-0.2, -0.15) is 13.2 Å². The molecule has 0 fully saturated rings. The third kappa shape index (κ3) is 5.58. The SMILES string of the molecule is CC(C)CCN(C)c1ccc(CC(C)N)c(C(F)(F)F)c1. The van der Waals surface area contributed by atoms with E-state index in [-0.39, 0.29) is 18.0 Å². The van der Waals surface area contributed by atoms with Crippen molar-refractivity contribution in [2.24, 2.45) is 11.7 Å². The lowest BCUT2D eigenvalue weighted by Gasteiger charge is -2.23. The summed E-state index contributed by atoms with van der Waals surface area (Å²) >= 11 is 0. The number of nitrogens with zero attached hydrogens (tertiary/aromatic N) is 1. The first kappa shape index (κ1) is 17.8. The lowest BCUT2D eigenvalue weighted by atomic mass is 9.99. The minimum Gasteiger partial charge on any atom is -0.375 e. The molecule has 0 aliphatic carbocycles. The lowest BCUT2D eigenvalue weighted by molar-refractivity contribution is -0.138. The fraction of sp³-hybridized carbons (Fsp3) is 0.625. The van der Waals surface area contributed by atoms with E-state index in [1.807, 2.05) is 11.9 Å². The van der Waals surface area contributed by atoms with Crippen molar-refractivity contribution < 1.29 is 13.2 Å². The quantitative estimate of drug-likeness (QED) is 0.858. The number of nitrogens with two attached hydrogens (primary N) is 1. The zero-order valence-electron chi connectivity index (χ0n) is 13.2. The maximum Gasteiger partial charge on any atom is 0.416 e. The summed E-state index contributed by atoms with van der Waals surface area (Å²) in [5.74, 6) is 0.520. The third-order valence-electron chi connectivity index (χ3n) is 3.42. The van der Waals surface area contributed by atoms with Crippen LogP contribution in [0.1, 0.15) is 38.3 Å². The summed E-state index contributed by atoms with van der Waals surface area (Å²) in [6, 6.07) is 4.23. The van der Waals surface area contributed by atoms with Gasteiger partial charge in [-0.05, 0) is 43.4 Å². The summed E-state index contributed by atoms with van der Waals surface area (Å²) in [5, 5.41) is 0. The molecule has 1 atom stereocenters. The predicted octanol–water partition coefficient (Wildman–Crippen LogP) is 4.08. The molecule has 1 unspecified atom stereocenters. The van der Waals surface area contributed by atoms with Crippen LogP contribution in [-0.4, -0.2) is 19.6 Å². The molecule has 1 rings (SSSR count). The molecule has 0 radical (unpaired) electrons. The Hall–Kier alpha value is -1.23. The van der Waals surface area contributed by atoms with E-state index >= 15 is 0 Å². The largest absolute Gasteiger partial charge is 0.416 e. The minimum absolute atomic E-state index is 0.227. The van der Waals surface area contributed by atoms with Crippen molar-refractivity contribution in [1.82, 2.24) is 0 Å². The molecular formula is C16H25F3N2. The van der Waals surface area contributed by atoms with Gasteiger partial charge in [0.25, 0.3) is 0 Å². The molecule has 2 nitrogen and oxygen atoms in total. The molecule has 0 heterocycles. The molecule has 2 N–H and O–H groups in total. The zero-order valence-corrected chi connectivity index (χ0v) is 13.2. The molecule has 120 valence electrons. The molecule has 1 aromatic rings. The summed E-state index contributed by atoms with van der Waals surface area (Å²) in [5.41, 5.74) is 5.92. The van der Waals surface area contributed by atoms with Crippen molar-refractivity contribution in [2.45, 2.75) is 45.8 Å². The Morgan fingerprint density at radius 1 is 1.19 bits per heavy atom. The van der Waals surface area contributed by atoms with E-state index in [1.54, 1.807) is 19.1 Å². The van der Waals surface area contributed by atoms with Crippen LogP contribution in [0, 0.1) is 5.92 Å². The van der Waals surface area contributed by atoms with Gasteiger partial charge in [0.1, 0.15) is 0 Å². The summed E-state index contributed by atoms with van der Waals surface area (Å²) in [6.07, 6.45) is -3.18. The van der Waals surface area contributed by atoms with Crippen LogP contribution in [0.25, 0.3) is 0 Å². The number of anilines is 1. The van der Waals surface area contributed by atoms with Crippen molar-refractivity contribution in [2.75, 3.05) is 18.5 Å². The maximum absolute atomic E-state index is 13.2. The number of halogens is 3. The number of benzene rings is 1. The van der Waals surface area contributed by atoms with Crippen molar-refractivity contribution in [3.8, 4) is 0 Å². The Labute approximate surface area is 125 Å². The first-order chi connectivity index (χ1) is 9.61. The molecule has 0 bridgehead atoms. The van der Waals surface area contributed by atoms with E-state index in [9.17, 15) is 13.2 Å².